The number of rotatable bonds is 2. The third-order valence-electron chi connectivity index (χ3n) is 2.72. The zero-order valence-corrected chi connectivity index (χ0v) is 10.2. The van der Waals surface area contributed by atoms with Gasteiger partial charge < -0.3 is 15.4 Å². The van der Waals surface area contributed by atoms with E-state index in [0.29, 0.717) is 5.92 Å². The van der Waals surface area contributed by atoms with Crippen LogP contribution in [0.3, 0.4) is 0 Å². The topological polar surface area (TPSA) is 38.5 Å². The lowest BCUT2D eigenvalue weighted by Crippen LogP contribution is -2.40. The molecule has 0 aliphatic carbocycles. The van der Waals surface area contributed by atoms with Gasteiger partial charge in [-0.1, -0.05) is 13.8 Å². The molecule has 0 bridgehead atoms. The molecule has 2 rings (SSSR count). The van der Waals surface area contributed by atoms with Crippen molar-refractivity contribution in [3.05, 3.63) is 18.2 Å². The summed E-state index contributed by atoms with van der Waals surface area (Å²) < 4.78 is 5.80. The van der Waals surface area contributed by atoms with Gasteiger partial charge in [-0.3, -0.25) is 0 Å². The molecule has 1 aromatic rings. The summed E-state index contributed by atoms with van der Waals surface area (Å²) in [6.07, 6.45) is 0.230. The smallest absolute Gasteiger partial charge is 0.145 e. The van der Waals surface area contributed by atoms with Crippen molar-refractivity contribution in [3.63, 3.8) is 0 Å². The Hall–Kier alpha value is -1.38. The first kappa shape index (κ1) is 11.1. The number of nitrogens with two attached hydrogens (primary N) is 1. The first-order valence-corrected chi connectivity index (χ1v) is 5.87. The summed E-state index contributed by atoms with van der Waals surface area (Å²) in [5, 5.41) is 0. The quantitative estimate of drug-likeness (QED) is 0.778. The number of fused-ring (bicyclic) bond motifs is 1. The van der Waals surface area contributed by atoms with Crippen molar-refractivity contribution in [2.24, 2.45) is 5.92 Å². The van der Waals surface area contributed by atoms with E-state index in [4.69, 9.17) is 10.5 Å². The van der Waals surface area contributed by atoms with Crippen LogP contribution in [0.1, 0.15) is 20.8 Å². The molecule has 3 heteroatoms. The van der Waals surface area contributed by atoms with Crippen molar-refractivity contribution in [2.75, 3.05) is 23.7 Å². The average molecular weight is 220 g/mol. The highest BCUT2D eigenvalue weighted by Gasteiger charge is 2.23. The second-order valence-electron chi connectivity index (χ2n) is 4.95. The molecule has 0 radical (unpaired) electrons. The SMILES string of the molecule is CC(C)CN1CC(C)Oc2cc(N)ccc21. The van der Waals surface area contributed by atoms with Gasteiger partial charge in [-0.25, -0.2) is 0 Å². The van der Waals surface area contributed by atoms with E-state index in [9.17, 15) is 0 Å². The zero-order chi connectivity index (χ0) is 11.7. The van der Waals surface area contributed by atoms with E-state index in [1.54, 1.807) is 0 Å². The minimum atomic E-state index is 0.230. The Kier molecular flexibility index (Phi) is 2.95. The van der Waals surface area contributed by atoms with Crippen LogP contribution >= 0.6 is 0 Å². The van der Waals surface area contributed by atoms with E-state index in [2.05, 4.69) is 31.7 Å². The van der Waals surface area contributed by atoms with Crippen molar-refractivity contribution in [1.82, 2.24) is 0 Å². The Morgan fingerprint density at radius 3 is 2.94 bits per heavy atom. The maximum Gasteiger partial charge on any atom is 0.145 e. The van der Waals surface area contributed by atoms with Gasteiger partial charge in [-0.15, -0.1) is 0 Å². The van der Waals surface area contributed by atoms with Crippen LogP contribution in [0.15, 0.2) is 18.2 Å². The molecule has 1 aliphatic rings. The highest BCUT2D eigenvalue weighted by Crippen LogP contribution is 2.35. The van der Waals surface area contributed by atoms with Crippen molar-refractivity contribution < 1.29 is 4.74 Å². The van der Waals surface area contributed by atoms with Gasteiger partial charge >= 0.3 is 0 Å². The van der Waals surface area contributed by atoms with Crippen LogP contribution in [0, 0.1) is 5.92 Å². The summed E-state index contributed by atoms with van der Waals surface area (Å²) >= 11 is 0. The third kappa shape index (κ3) is 2.23. The first-order valence-electron chi connectivity index (χ1n) is 5.87. The Bertz CT molecular complexity index is 376. The average Bonchev–Trinajstić information content (AvgIpc) is 2.15. The Morgan fingerprint density at radius 2 is 2.25 bits per heavy atom. The molecule has 16 heavy (non-hydrogen) atoms. The Morgan fingerprint density at radius 1 is 1.50 bits per heavy atom. The van der Waals surface area contributed by atoms with E-state index in [0.717, 1.165) is 24.5 Å². The van der Waals surface area contributed by atoms with Gasteiger partial charge in [0.2, 0.25) is 0 Å². The number of nitrogens with zero attached hydrogens (tertiary/aromatic N) is 1. The number of ether oxygens (including phenoxy) is 1. The fourth-order valence-corrected chi connectivity index (χ4v) is 2.16. The number of hydrogen-bond donors (Lipinski definition) is 1. The van der Waals surface area contributed by atoms with Gasteiger partial charge in [0.1, 0.15) is 11.9 Å². The minimum absolute atomic E-state index is 0.230. The second kappa shape index (κ2) is 4.24. The largest absolute Gasteiger partial charge is 0.487 e. The highest BCUT2D eigenvalue weighted by atomic mass is 16.5. The molecule has 1 atom stereocenters. The maximum absolute atomic E-state index is 5.80. The van der Waals surface area contributed by atoms with Gasteiger partial charge in [0.25, 0.3) is 0 Å². The predicted molar refractivity (Wildman–Crippen MR) is 68.0 cm³/mol. The van der Waals surface area contributed by atoms with Gasteiger partial charge in [-0.05, 0) is 25.0 Å². The normalized spacial score (nSPS) is 19.5. The molecule has 0 spiro atoms. The monoisotopic (exact) mass is 220 g/mol. The molecule has 1 aliphatic heterocycles. The van der Waals surface area contributed by atoms with Gasteiger partial charge in [-0.2, -0.15) is 0 Å². The zero-order valence-electron chi connectivity index (χ0n) is 10.2. The summed E-state index contributed by atoms with van der Waals surface area (Å²) in [5.74, 6) is 1.56. The van der Waals surface area contributed by atoms with Crippen LogP contribution in [0.5, 0.6) is 5.75 Å². The van der Waals surface area contributed by atoms with Crippen LogP contribution in [0.2, 0.25) is 0 Å². The molecule has 1 unspecified atom stereocenters. The molecule has 0 saturated carbocycles. The van der Waals surface area contributed by atoms with Crippen LogP contribution in [0.4, 0.5) is 11.4 Å². The molecule has 1 aromatic carbocycles. The highest BCUT2D eigenvalue weighted by molar-refractivity contribution is 5.65. The maximum atomic E-state index is 5.80. The summed E-state index contributed by atoms with van der Waals surface area (Å²) in [5.41, 5.74) is 7.70. The van der Waals surface area contributed by atoms with Crippen molar-refractivity contribution in [3.8, 4) is 5.75 Å². The van der Waals surface area contributed by atoms with Crippen LogP contribution in [-0.4, -0.2) is 19.2 Å². The van der Waals surface area contributed by atoms with E-state index in [1.807, 2.05) is 12.1 Å². The lowest BCUT2D eigenvalue weighted by molar-refractivity contribution is 0.211. The van der Waals surface area contributed by atoms with Crippen molar-refractivity contribution >= 4 is 11.4 Å². The third-order valence-corrected chi connectivity index (χ3v) is 2.72. The van der Waals surface area contributed by atoms with E-state index in [-0.39, 0.29) is 6.10 Å². The van der Waals surface area contributed by atoms with Gasteiger partial charge in [0, 0.05) is 18.3 Å². The Balaban J connectivity index is 2.30. The minimum Gasteiger partial charge on any atom is -0.487 e. The molecule has 1 heterocycles. The second-order valence-corrected chi connectivity index (χ2v) is 4.95. The number of anilines is 2. The fourth-order valence-electron chi connectivity index (χ4n) is 2.16. The standard InChI is InChI=1S/C13H20N2O/c1-9(2)7-15-8-10(3)16-13-6-11(14)4-5-12(13)15/h4-6,9-10H,7-8,14H2,1-3H3. The predicted octanol–water partition coefficient (Wildman–Crippen LogP) is 2.51. The molecule has 0 fully saturated rings. The van der Waals surface area contributed by atoms with Crippen LogP contribution < -0.4 is 15.4 Å². The van der Waals surface area contributed by atoms with Crippen molar-refractivity contribution in [1.29, 1.82) is 0 Å². The number of benzene rings is 1. The van der Waals surface area contributed by atoms with Crippen LogP contribution in [-0.2, 0) is 0 Å². The Labute approximate surface area is 97.2 Å². The van der Waals surface area contributed by atoms with Crippen molar-refractivity contribution in [2.45, 2.75) is 26.9 Å². The molecule has 0 saturated heterocycles. The van der Waals surface area contributed by atoms with E-state index >= 15 is 0 Å². The molecule has 0 amide bonds. The van der Waals surface area contributed by atoms with E-state index in [1.165, 1.54) is 5.69 Å². The summed E-state index contributed by atoms with van der Waals surface area (Å²) in [4.78, 5) is 2.38. The lowest BCUT2D eigenvalue weighted by atomic mass is 10.1. The number of nitrogen functional groups attached to an aromatic ring is 1. The summed E-state index contributed by atoms with van der Waals surface area (Å²) in [6, 6.07) is 5.91. The molecule has 88 valence electrons. The van der Waals surface area contributed by atoms with E-state index < -0.39 is 0 Å². The summed E-state index contributed by atoms with van der Waals surface area (Å²) in [7, 11) is 0. The first-order chi connectivity index (χ1) is 7.56. The molecule has 0 aromatic heterocycles. The number of hydrogen-bond acceptors (Lipinski definition) is 3. The fraction of sp³-hybridized carbons (Fsp3) is 0.538. The van der Waals surface area contributed by atoms with Gasteiger partial charge in [0.15, 0.2) is 0 Å². The molecular weight excluding hydrogens is 200 g/mol. The lowest BCUT2D eigenvalue weighted by Gasteiger charge is -2.36. The molecular formula is C13H20N2O. The molecule has 2 N–H and O–H groups in total. The van der Waals surface area contributed by atoms with Gasteiger partial charge in [0.05, 0.1) is 12.2 Å². The molecule has 3 nitrogen and oxygen atoms in total. The van der Waals surface area contributed by atoms with Crippen LogP contribution in [0.25, 0.3) is 0 Å². The summed E-state index contributed by atoms with van der Waals surface area (Å²) in [6.45, 7) is 8.58.